The van der Waals surface area contributed by atoms with Crippen LogP contribution in [0, 0.1) is 23.0 Å². The summed E-state index contributed by atoms with van der Waals surface area (Å²) < 4.78 is 35.1. The average Bonchev–Trinajstić information content (AvgIpc) is 3.36. The molecule has 0 spiro atoms. The van der Waals surface area contributed by atoms with E-state index in [9.17, 15) is 23.3 Å². The maximum Gasteiger partial charge on any atom is 0.307 e. The zero-order chi connectivity index (χ0) is 25.9. The van der Waals surface area contributed by atoms with Crippen LogP contribution in [0.1, 0.15) is 29.1 Å². The smallest absolute Gasteiger partial charge is 0.307 e. The second kappa shape index (κ2) is 10.6. The SMILES string of the molecule is Cc1ccc(S(=O)(=O)O)cc1.O=C(N[C@H]1CN2CCC1CC2)c1ncc(-c2cccc([N+](=O)[O-])c2)o1. The molecule has 190 valence electrons. The minimum absolute atomic E-state index is 0.0158. The van der Waals surface area contributed by atoms with Gasteiger partial charge in [0.2, 0.25) is 0 Å². The molecule has 4 heterocycles. The fraction of sp³-hybridized carbons (Fsp3) is 0.333. The van der Waals surface area contributed by atoms with Gasteiger partial charge in [-0.3, -0.25) is 19.5 Å². The Morgan fingerprint density at radius 2 is 1.89 bits per heavy atom. The zero-order valence-electron chi connectivity index (χ0n) is 19.5. The average molecular weight is 515 g/mol. The molecule has 2 bridgehead atoms. The van der Waals surface area contributed by atoms with Gasteiger partial charge in [-0.15, -0.1) is 0 Å². The molecular weight excluding hydrogens is 488 g/mol. The van der Waals surface area contributed by atoms with Crippen LogP contribution in [-0.2, 0) is 10.1 Å². The summed E-state index contributed by atoms with van der Waals surface area (Å²) in [6.45, 7) is 4.92. The predicted molar refractivity (Wildman–Crippen MR) is 130 cm³/mol. The summed E-state index contributed by atoms with van der Waals surface area (Å²) in [5.74, 6) is 0.497. The summed E-state index contributed by atoms with van der Waals surface area (Å²) in [4.78, 5) is 29.1. The second-order valence-corrected chi connectivity index (χ2v) is 10.3. The number of fused-ring (bicyclic) bond motifs is 3. The third kappa shape index (κ3) is 6.14. The number of aromatic nitrogens is 1. The van der Waals surface area contributed by atoms with Gasteiger partial charge >= 0.3 is 5.91 Å². The van der Waals surface area contributed by atoms with E-state index in [0.29, 0.717) is 17.2 Å². The highest BCUT2D eigenvalue weighted by atomic mass is 32.2. The van der Waals surface area contributed by atoms with Crippen LogP contribution in [-0.4, -0.2) is 59.4 Å². The molecule has 2 aromatic carbocycles. The number of carbonyl (C=O) groups excluding carboxylic acids is 1. The van der Waals surface area contributed by atoms with E-state index in [0.717, 1.165) is 38.0 Å². The number of hydrogen-bond acceptors (Lipinski definition) is 8. The van der Waals surface area contributed by atoms with Crippen molar-refractivity contribution in [2.45, 2.75) is 30.7 Å². The van der Waals surface area contributed by atoms with Crippen LogP contribution in [0.4, 0.5) is 5.69 Å². The van der Waals surface area contributed by atoms with Gasteiger partial charge in [0, 0.05) is 30.3 Å². The van der Waals surface area contributed by atoms with E-state index < -0.39 is 15.0 Å². The number of aryl methyl sites for hydroxylation is 1. The quantitative estimate of drug-likeness (QED) is 0.296. The Morgan fingerprint density at radius 1 is 1.19 bits per heavy atom. The number of nitro groups is 1. The number of nitro benzene ring substituents is 1. The molecule has 6 rings (SSSR count). The van der Waals surface area contributed by atoms with Crippen molar-refractivity contribution in [1.29, 1.82) is 0 Å². The number of carbonyl (C=O) groups is 1. The lowest BCUT2D eigenvalue weighted by Gasteiger charge is -2.44. The third-order valence-electron chi connectivity index (χ3n) is 6.33. The Bertz CT molecular complexity index is 1350. The van der Waals surface area contributed by atoms with E-state index in [4.69, 9.17) is 8.97 Å². The number of non-ortho nitro benzene ring substituents is 1. The molecule has 3 aromatic rings. The van der Waals surface area contributed by atoms with Crippen LogP contribution in [0.15, 0.2) is 64.0 Å². The van der Waals surface area contributed by atoms with Gasteiger partial charge in [0.05, 0.1) is 16.0 Å². The lowest BCUT2D eigenvalue weighted by Crippen LogP contribution is -2.57. The molecule has 12 heteroatoms. The first-order valence-electron chi connectivity index (χ1n) is 11.4. The van der Waals surface area contributed by atoms with Crippen molar-refractivity contribution >= 4 is 21.7 Å². The summed E-state index contributed by atoms with van der Waals surface area (Å²) in [7, 11) is -4.02. The lowest BCUT2D eigenvalue weighted by molar-refractivity contribution is -0.384. The molecule has 0 aliphatic carbocycles. The first-order chi connectivity index (χ1) is 17.1. The van der Waals surface area contributed by atoms with Crippen molar-refractivity contribution in [3.8, 4) is 11.3 Å². The topological polar surface area (TPSA) is 156 Å². The Kier molecular flexibility index (Phi) is 7.48. The second-order valence-electron chi connectivity index (χ2n) is 8.84. The Hall–Kier alpha value is -3.61. The molecule has 11 nitrogen and oxygen atoms in total. The van der Waals surface area contributed by atoms with Gasteiger partial charge in [-0.2, -0.15) is 8.42 Å². The molecule has 1 amide bonds. The van der Waals surface area contributed by atoms with Crippen molar-refractivity contribution < 1.29 is 27.1 Å². The third-order valence-corrected chi connectivity index (χ3v) is 7.20. The van der Waals surface area contributed by atoms with E-state index >= 15 is 0 Å². The van der Waals surface area contributed by atoms with Crippen LogP contribution in [0.3, 0.4) is 0 Å². The fourth-order valence-electron chi connectivity index (χ4n) is 4.35. The summed E-state index contributed by atoms with van der Waals surface area (Å²) in [5.41, 5.74) is 1.44. The molecule has 2 N–H and O–H groups in total. The van der Waals surface area contributed by atoms with Gasteiger partial charge < -0.3 is 14.6 Å². The predicted octanol–water partition coefficient (Wildman–Crippen LogP) is 3.32. The molecule has 3 saturated heterocycles. The van der Waals surface area contributed by atoms with Crippen LogP contribution in [0.5, 0.6) is 0 Å². The lowest BCUT2D eigenvalue weighted by atomic mass is 9.84. The standard InChI is InChI=1S/C17H18N4O4.C7H8O3S/c22-16(19-14-10-20-6-4-11(14)5-7-20)17-18-9-15(25-17)12-2-1-3-13(8-12)21(23)24;1-6-2-4-7(5-3-6)11(8,9)10/h1-3,8-9,11,14H,4-7,10H2,(H,19,22);2-5H,1H3,(H,8,9,10)/t14-;/m0./s1. The van der Waals surface area contributed by atoms with Gasteiger partial charge in [-0.25, -0.2) is 4.98 Å². The molecule has 0 radical (unpaired) electrons. The van der Waals surface area contributed by atoms with E-state index in [-0.39, 0.29) is 28.4 Å². The molecule has 3 aliphatic heterocycles. The Labute approximate surface area is 208 Å². The molecule has 0 saturated carbocycles. The molecule has 1 atom stereocenters. The monoisotopic (exact) mass is 514 g/mol. The van der Waals surface area contributed by atoms with E-state index in [1.54, 1.807) is 24.3 Å². The van der Waals surface area contributed by atoms with Gasteiger partial charge in [0.25, 0.3) is 21.7 Å². The minimum atomic E-state index is -4.02. The number of nitrogens with one attached hydrogen (secondary N) is 1. The highest BCUT2D eigenvalue weighted by Gasteiger charge is 2.35. The summed E-state index contributed by atoms with van der Waals surface area (Å²) in [5, 5.41) is 13.9. The number of oxazole rings is 1. The first kappa shape index (κ1) is 25.5. The van der Waals surface area contributed by atoms with Crippen molar-refractivity contribution in [1.82, 2.24) is 15.2 Å². The number of nitrogens with zero attached hydrogens (tertiary/aromatic N) is 3. The molecule has 3 fully saturated rings. The maximum atomic E-state index is 12.4. The summed E-state index contributed by atoms with van der Waals surface area (Å²) in [6, 6.07) is 12.2. The maximum absolute atomic E-state index is 12.4. The Balaban J connectivity index is 0.000000233. The van der Waals surface area contributed by atoms with Crippen LogP contribution in [0.25, 0.3) is 11.3 Å². The zero-order valence-corrected chi connectivity index (χ0v) is 20.3. The van der Waals surface area contributed by atoms with Crippen molar-refractivity contribution in [2.75, 3.05) is 19.6 Å². The minimum Gasteiger partial charge on any atom is -0.432 e. The van der Waals surface area contributed by atoms with Crippen molar-refractivity contribution in [2.24, 2.45) is 5.92 Å². The number of rotatable bonds is 5. The highest BCUT2D eigenvalue weighted by Crippen LogP contribution is 2.28. The van der Waals surface area contributed by atoms with Crippen LogP contribution in [0.2, 0.25) is 0 Å². The Morgan fingerprint density at radius 3 is 2.47 bits per heavy atom. The molecule has 36 heavy (non-hydrogen) atoms. The van der Waals surface area contributed by atoms with E-state index in [1.165, 1.54) is 30.5 Å². The summed E-state index contributed by atoms with van der Waals surface area (Å²) in [6.07, 6.45) is 3.63. The number of piperidine rings is 3. The molecule has 1 aromatic heterocycles. The van der Waals surface area contributed by atoms with Crippen LogP contribution >= 0.6 is 0 Å². The van der Waals surface area contributed by atoms with Gasteiger partial charge in [-0.1, -0.05) is 29.8 Å². The normalized spacial score (nSPS) is 20.8. The molecular formula is C24H26N4O7S. The number of amides is 1. The van der Waals surface area contributed by atoms with E-state index in [2.05, 4.69) is 15.2 Å². The van der Waals surface area contributed by atoms with Crippen molar-refractivity contribution in [3.63, 3.8) is 0 Å². The number of benzene rings is 2. The van der Waals surface area contributed by atoms with E-state index in [1.807, 2.05) is 6.92 Å². The highest BCUT2D eigenvalue weighted by molar-refractivity contribution is 7.85. The van der Waals surface area contributed by atoms with Gasteiger partial charge in [0.1, 0.15) is 0 Å². The fourth-order valence-corrected chi connectivity index (χ4v) is 4.83. The molecule has 0 unspecified atom stereocenters. The summed E-state index contributed by atoms with van der Waals surface area (Å²) >= 11 is 0. The first-order valence-corrected chi connectivity index (χ1v) is 12.8. The van der Waals surface area contributed by atoms with Crippen LogP contribution < -0.4 is 5.32 Å². The molecule has 3 aliphatic rings. The van der Waals surface area contributed by atoms with Gasteiger partial charge in [-0.05, 0) is 50.9 Å². The number of hydrogen-bond donors (Lipinski definition) is 2. The van der Waals surface area contributed by atoms with Gasteiger partial charge in [0.15, 0.2) is 5.76 Å². The largest absolute Gasteiger partial charge is 0.432 e. The van der Waals surface area contributed by atoms with Crippen molar-refractivity contribution in [3.05, 3.63) is 76.3 Å².